The third-order valence-electron chi connectivity index (χ3n) is 4.80. The number of nitrogens with one attached hydrogen (secondary N) is 2. The minimum Gasteiger partial charge on any atom is -0.384 e. The Labute approximate surface area is 164 Å². The van der Waals surface area contributed by atoms with Crippen molar-refractivity contribution in [1.82, 2.24) is 0 Å². The Balaban J connectivity index is 1.94. The normalized spacial score (nSPS) is 17.5. The lowest BCUT2D eigenvalue weighted by atomic mass is 9.97. The van der Waals surface area contributed by atoms with Crippen LogP contribution in [0.25, 0.3) is 12.2 Å². The van der Waals surface area contributed by atoms with Gasteiger partial charge in [-0.05, 0) is 61.1 Å². The Morgan fingerprint density at radius 3 is 1.61 bits per heavy atom. The van der Waals surface area contributed by atoms with Crippen LogP contribution in [0.5, 0.6) is 0 Å². The van der Waals surface area contributed by atoms with E-state index in [1.807, 2.05) is 48.6 Å². The van der Waals surface area contributed by atoms with Crippen molar-refractivity contribution >= 4 is 29.6 Å². The Morgan fingerprint density at radius 1 is 0.786 bits per heavy atom. The summed E-state index contributed by atoms with van der Waals surface area (Å²) in [5, 5.41) is 15.2. The predicted molar refractivity (Wildman–Crippen MR) is 114 cm³/mol. The first-order valence-corrected chi connectivity index (χ1v) is 9.29. The topological polar surface area (TPSA) is 117 Å². The molecule has 0 unspecified atom stereocenters. The molecule has 0 amide bonds. The van der Waals surface area contributed by atoms with Gasteiger partial charge in [0.2, 0.25) is 0 Å². The summed E-state index contributed by atoms with van der Waals surface area (Å²) in [6, 6.07) is 14.7. The van der Waals surface area contributed by atoms with Crippen molar-refractivity contribution in [2.24, 2.45) is 11.5 Å². The van der Waals surface area contributed by atoms with E-state index in [1.54, 1.807) is 12.1 Å². The number of benzene rings is 2. The molecule has 5 nitrogen and oxygen atoms in total. The molecule has 28 heavy (non-hydrogen) atoms. The van der Waals surface area contributed by atoms with Crippen molar-refractivity contribution < 1.29 is 4.79 Å². The Hall–Kier alpha value is -3.47. The number of ketones is 1. The first-order chi connectivity index (χ1) is 13.4. The number of hydrogen-bond acceptors (Lipinski definition) is 3. The van der Waals surface area contributed by atoms with Gasteiger partial charge in [0.05, 0.1) is 0 Å². The zero-order chi connectivity index (χ0) is 20.1. The molecule has 5 heteroatoms. The molecule has 1 saturated carbocycles. The van der Waals surface area contributed by atoms with Gasteiger partial charge in [-0.15, -0.1) is 0 Å². The number of allylic oxidation sites excluding steroid dienone is 2. The fourth-order valence-corrected chi connectivity index (χ4v) is 3.33. The molecule has 0 saturated heterocycles. The molecule has 1 aliphatic rings. The van der Waals surface area contributed by atoms with Gasteiger partial charge in [-0.25, -0.2) is 0 Å². The van der Waals surface area contributed by atoms with Crippen LogP contribution in [0, 0.1) is 10.8 Å². The van der Waals surface area contributed by atoms with Crippen LogP contribution in [0.4, 0.5) is 0 Å². The third kappa shape index (κ3) is 4.62. The monoisotopic (exact) mass is 372 g/mol. The minimum atomic E-state index is 0.0124. The van der Waals surface area contributed by atoms with E-state index >= 15 is 0 Å². The highest BCUT2D eigenvalue weighted by Crippen LogP contribution is 2.27. The summed E-state index contributed by atoms with van der Waals surface area (Å²) in [5.41, 5.74) is 15.7. The number of Topliss-reactive ketones (excluding diaryl/α,β-unsaturated/α-hetero) is 1. The number of carbonyl (C=O) groups is 1. The predicted octanol–water partition coefficient (Wildman–Crippen LogP) is 3.86. The quantitative estimate of drug-likeness (QED) is 0.282. The largest absolute Gasteiger partial charge is 0.384 e. The summed E-state index contributed by atoms with van der Waals surface area (Å²) in [5.74, 6) is 0.0794. The van der Waals surface area contributed by atoms with Crippen molar-refractivity contribution in [1.29, 1.82) is 10.8 Å². The second-order valence-electron chi connectivity index (χ2n) is 6.95. The highest BCUT2D eigenvalue weighted by atomic mass is 16.1. The van der Waals surface area contributed by atoms with Gasteiger partial charge < -0.3 is 11.5 Å². The van der Waals surface area contributed by atoms with Gasteiger partial charge in [0.1, 0.15) is 11.7 Å². The Kier molecular flexibility index (Phi) is 5.84. The fourth-order valence-electron chi connectivity index (χ4n) is 3.33. The summed E-state index contributed by atoms with van der Waals surface area (Å²) >= 11 is 0. The molecule has 2 aromatic carbocycles. The van der Waals surface area contributed by atoms with E-state index in [2.05, 4.69) is 0 Å². The highest BCUT2D eigenvalue weighted by Gasteiger charge is 2.19. The Morgan fingerprint density at radius 2 is 1.21 bits per heavy atom. The lowest BCUT2D eigenvalue weighted by molar-refractivity contribution is -0.112. The molecule has 0 bridgehead atoms. The summed E-state index contributed by atoms with van der Waals surface area (Å²) in [6.07, 6.45) is 7.17. The molecule has 2 aromatic rings. The molecular weight excluding hydrogens is 348 g/mol. The number of nitrogen functional groups attached to an aromatic ring is 2. The van der Waals surface area contributed by atoms with Gasteiger partial charge in [0.25, 0.3) is 0 Å². The van der Waals surface area contributed by atoms with Crippen molar-refractivity contribution in [3.63, 3.8) is 0 Å². The van der Waals surface area contributed by atoms with Gasteiger partial charge in [0, 0.05) is 22.3 Å². The molecule has 3 rings (SSSR count). The van der Waals surface area contributed by atoms with Gasteiger partial charge in [-0.3, -0.25) is 15.6 Å². The van der Waals surface area contributed by atoms with E-state index in [0.29, 0.717) is 11.1 Å². The van der Waals surface area contributed by atoms with E-state index in [0.717, 1.165) is 48.0 Å². The van der Waals surface area contributed by atoms with Gasteiger partial charge in [-0.1, -0.05) is 36.4 Å². The summed E-state index contributed by atoms with van der Waals surface area (Å²) in [6.45, 7) is 0. The molecule has 1 fully saturated rings. The van der Waals surface area contributed by atoms with Crippen LogP contribution in [-0.2, 0) is 4.79 Å². The van der Waals surface area contributed by atoms with Crippen molar-refractivity contribution in [3.8, 4) is 0 Å². The van der Waals surface area contributed by atoms with E-state index < -0.39 is 0 Å². The van der Waals surface area contributed by atoms with Crippen LogP contribution in [0.2, 0.25) is 0 Å². The average Bonchev–Trinajstić information content (AvgIpc) is 2.84. The maximum atomic E-state index is 13.1. The standard InChI is InChI=1S/C23H24N4O/c24-22(25)19-9-3-5-15(13-19)11-17-7-1-2-8-18(21(17)28)12-16-6-4-10-20(14-16)23(26)27/h3-6,9-14H,1-2,7-8H2,(H3,24,25)(H3,26,27)/b17-11-,18-12+. The van der Waals surface area contributed by atoms with Crippen molar-refractivity contribution in [3.05, 3.63) is 81.9 Å². The summed E-state index contributed by atoms with van der Waals surface area (Å²) < 4.78 is 0. The molecule has 0 atom stereocenters. The van der Waals surface area contributed by atoms with Crippen LogP contribution < -0.4 is 11.5 Å². The van der Waals surface area contributed by atoms with Gasteiger partial charge >= 0.3 is 0 Å². The molecule has 0 aliphatic heterocycles. The molecule has 6 N–H and O–H groups in total. The van der Waals surface area contributed by atoms with Crippen molar-refractivity contribution in [2.45, 2.75) is 25.7 Å². The number of rotatable bonds is 4. The first-order valence-electron chi connectivity index (χ1n) is 9.29. The summed E-state index contributed by atoms with van der Waals surface area (Å²) in [4.78, 5) is 13.1. The summed E-state index contributed by atoms with van der Waals surface area (Å²) in [7, 11) is 0. The third-order valence-corrected chi connectivity index (χ3v) is 4.80. The highest BCUT2D eigenvalue weighted by molar-refractivity contribution is 6.13. The van der Waals surface area contributed by atoms with Gasteiger partial charge in [-0.2, -0.15) is 0 Å². The SMILES string of the molecule is N=C(N)c1cccc(/C=C2/CCCC/C(=C\c3cccc(C(=N)N)c3)C2=O)c1. The van der Waals surface area contributed by atoms with Crippen LogP contribution in [0.1, 0.15) is 47.9 Å². The number of amidine groups is 2. The van der Waals surface area contributed by atoms with Crippen molar-refractivity contribution in [2.75, 3.05) is 0 Å². The molecule has 142 valence electrons. The zero-order valence-corrected chi connectivity index (χ0v) is 15.7. The molecular formula is C23H24N4O. The molecule has 0 spiro atoms. The van der Waals surface area contributed by atoms with Crippen LogP contribution in [0.3, 0.4) is 0 Å². The maximum absolute atomic E-state index is 13.1. The lowest BCUT2D eigenvalue weighted by Gasteiger charge is -2.07. The van der Waals surface area contributed by atoms with E-state index in [9.17, 15) is 4.79 Å². The van der Waals surface area contributed by atoms with Crippen LogP contribution in [-0.4, -0.2) is 17.5 Å². The minimum absolute atomic E-state index is 0.0124. The average molecular weight is 372 g/mol. The smallest absolute Gasteiger partial charge is 0.185 e. The molecule has 0 heterocycles. The number of nitrogens with two attached hydrogens (primary N) is 2. The van der Waals surface area contributed by atoms with E-state index in [4.69, 9.17) is 22.3 Å². The maximum Gasteiger partial charge on any atom is 0.185 e. The molecule has 0 radical (unpaired) electrons. The lowest BCUT2D eigenvalue weighted by Crippen LogP contribution is -2.11. The second kappa shape index (κ2) is 8.48. The molecule has 1 aliphatic carbocycles. The fraction of sp³-hybridized carbons (Fsp3) is 0.174. The van der Waals surface area contributed by atoms with Crippen LogP contribution >= 0.6 is 0 Å². The van der Waals surface area contributed by atoms with E-state index in [1.165, 1.54) is 0 Å². The Bertz CT molecular complexity index is 922. The van der Waals surface area contributed by atoms with Gasteiger partial charge in [0.15, 0.2) is 5.78 Å². The number of hydrogen-bond donors (Lipinski definition) is 4. The van der Waals surface area contributed by atoms with Crippen LogP contribution in [0.15, 0.2) is 59.7 Å². The van der Waals surface area contributed by atoms with E-state index in [-0.39, 0.29) is 17.5 Å². The molecule has 0 aromatic heterocycles. The zero-order valence-electron chi connectivity index (χ0n) is 15.7. The first kappa shape index (κ1) is 19.3. The number of carbonyl (C=O) groups excluding carboxylic acids is 1. The second-order valence-corrected chi connectivity index (χ2v) is 6.95.